The summed E-state index contributed by atoms with van der Waals surface area (Å²) in [5.41, 5.74) is 0.860. The van der Waals surface area contributed by atoms with Gasteiger partial charge in [-0.15, -0.1) is 0 Å². The number of carbonyl (C=O) groups is 2. The van der Waals surface area contributed by atoms with Gasteiger partial charge in [-0.25, -0.2) is 0 Å². The molecule has 0 bridgehead atoms. The van der Waals surface area contributed by atoms with Crippen LogP contribution >= 0.6 is 0 Å². The van der Waals surface area contributed by atoms with E-state index < -0.39 is 23.1 Å². The number of cyclic esters (lactones) is 2. The van der Waals surface area contributed by atoms with Crippen LogP contribution in [0.5, 0.6) is 0 Å². The SMILES string of the molecule is CC1CC(C)C2N(C1)c1ccccc1CC21C(=O)OC(C)(C)OC1=O. The average molecular weight is 343 g/mol. The van der Waals surface area contributed by atoms with Gasteiger partial charge in [0.25, 0.3) is 5.79 Å². The molecule has 3 aliphatic heterocycles. The average Bonchev–Trinajstić information content (AvgIpc) is 2.51. The van der Waals surface area contributed by atoms with Gasteiger partial charge in [-0.3, -0.25) is 9.59 Å². The van der Waals surface area contributed by atoms with Crippen molar-refractivity contribution in [3.05, 3.63) is 29.8 Å². The van der Waals surface area contributed by atoms with Gasteiger partial charge in [0.15, 0.2) is 5.41 Å². The molecule has 0 saturated carbocycles. The molecule has 5 heteroatoms. The number of para-hydroxylation sites is 1. The molecule has 3 aliphatic rings. The van der Waals surface area contributed by atoms with Crippen molar-refractivity contribution < 1.29 is 19.1 Å². The summed E-state index contributed by atoms with van der Waals surface area (Å²) in [6.07, 6.45) is 1.33. The molecule has 1 aromatic carbocycles. The number of carbonyl (C=O) groups excluding carboxylic acids is 2. The fourth-order valence-corrected chi connectivity index (χ4v) is 5.06. The standard InChI is InChI=1S/C20H25NO4/c1-12-9-13(2)16-20(17(22)24-19(3,4)25-18(20)23)10-14-7-5-6-8-15(14)21(16)11-12/h5-8,12-13,16H,9-11H2,1-4H3. The lowest BCUT2D eigenvalue weighted by atomic mass is 9.63. The highest BCUT2D eigenvalue weighted by molar-refractivity contribution is 6.04. The molecular formula is C20H25NO4. The molecular weight excluding hydrogens is 318 g/mol. The molecule has 1 aromatic rings. The third-order valence-electron chi connectivity index (χ3n) is 5.84. The van der Waals surface area contributed by atoms with Crippen molar-refractivity contribution in [3.63, 3.8) is 0 Å². The highest BCUT2D eigenvalue weighted by atomic mass is 16.7. The van der Waals surface area contributed by atoms with E-state index in [1.165, 1.54) is 0 Å². The fourth-order valence-electron chi connectivity index (χ4n) is 5.06. The van der Waals surface area contributed by atoms with E-state index in [2.05, 4.69) is 24.8 Å². The van der Waals surface area contributed by atoms with Crippen LogP contribution in [0.3, 0.4) is 0 Å². The van der Waals surface area contributed by atoms with E-state index in [0.29, 0.717) is 12.3 Å². The second-order valence-electron chi connectivity index (χ2n) is 8.37. The van der Waals surface area contributed by atoms with Crippen molar-refractivity contribution >= 4 is 17.6 Å². The Balaban J connectivity index is 1.89. The summed E-state index contributed by atoms with van der Waals surface area (Å²) in [6, 6.07) is 7.82. The van der Waals surface area contributed by atoms with Crippen molar-refractivity contribution in [3.8, 4) is 0 Å². The Bertz CT molecular complexity index is 721. The maximum absolute atomic E-state index is 13.1. The number of nitrogens with zero attached hydrogens (tertiary/aromatic N) is 1. The van der Waals surface area contributed by atoms with Crippen molar-refractivity contribution in [2.45, 2.75) is 52.4 Å². The third kappa shape index (κ3) is 2.28. The van der Waals surface area contributed by atoms with Crippen LogP contribution in [0, 0.1) is 17.3 Å². The number of esters is 2. The number of hydrogen-bond donors (Lipinski definition) is 0. The van der Waals surface area contributed by atoms with Gasteiger partial charge in [0.05, 0.1) is 6.04 Å². The second-order valence-corrected chi connectivity index (χ2v) is 8.37. The van der Waals surface area contributed by atoms with Crippen LogP contribution in [-0.4, -0.2) is 30.3 Å². The maximum atomic E-state index is 13.1. The minimum atomic E-state index is -1.27. The van der Waals surface area contributed by atoms with Crippen LogP contribution in [0.2, 0.25) is 0 Å². The van der Waals surface area contributed by atoms with Gasteiger partial charge >= 0.3 is 11.9 Å². The zero-order chi connectivity index (χ0) is 18.0. The first-order valence-corrected chi connectivity index (χ1v) is 9.06. The molecule has 25 heavy (non-hydrogen) atoms. The molecule has 0 amide bonds. The van der Waals surface area contributed by atoms with Gasteiger partial charge < -0.3 is 14.4 Å². The van der Waals surface area contributed by atoms with Crippen molar-refractivity contribution in [2.75, 3.05) is 11.4 Å². The Morgan fingerprint density at radius 3 is 2.40 bits per heavy atom. The Kier molecular flexibility index (Phi) is 3.44. The summed E-state index contributed by atoms with van der Waals surface area (Å²) >= 11 is 0. The molecule has 3 heterocycles. The predicted octanol–water partition coefficient (Wildman–Crippen LogP) is 2.92. The summed E-state index contributed by atoms with van der Waals surface area (Å²) in [6.45, 7) is 8.39. The predicted molar refractivity (Wildman–Crippen MR) is 92.9 cm³/mol. The number of anilines is 1. The maximum Gasteiger partial charge on any atom is 0.329 e. The van der Waals surface area contributed by atoms with Gasteiger partial charge in [-0.1, -0.05) is 32.0 Å². The van der Waals surface area contributed by atoms with Crippen LogP contribution in [0.1, 0.15) is 39.7 Å². The van der Waals surface area contributed by atoms with Crippen LogP contribution in [0.25, 0.3) is 0 Å². The van der Waals surface area contributed by atoms with Crippen molar-refractivity contribution in [2.24, 2.45) is 17.3 Å². The monoisotopic (exact) mass is 343 g/mol. The van der Waals surface area contributed by atoms with Gasteiger partial charge in [0, 0.05) is 32.5 Å². The normalized spacial score (nSPS) is 32.5. The molecule has 2 saturated heterocycles. The zero-order valence-corrected chi connectivity index (χ0v) is 15.2. The molecule has 0 radical (unpaired) electrons. The Hall–Kier alpha value is -2.04. The highest BCUT2D eigenvalue weighted by Crippen LogP contribution is 2.51. The first kappa shape index (κ1) is 16.4. The lowest BCUT2D eigenvalue weighted by Crippen LogP contribution is -2.69. The van der Waals surface area contributed by atoms with Gasteiger partial charge in [-0.2, -0.15) is 0 Å². The van der Waals surface area contributed by atoms with Gasteiger partial charge in [0.1, 0.15) is 0 Å². The molecule has 5 nitrogen and oxygen atoms in total. The van der Waals surface area contributed by atoms with E-state index in [0.717, 1.165) is 24.2 Å². The topological polar surface area (TPSA) is 55.8 Å². The summed E-state index contributed by atoms with van der Waals surface area (Å²) < 4.78 is 11.1. The van der Waals surface area contributed by atoms with Crippen molar-refractivity contribution in [1.82, 2.24) is 0 Å². The molecule has 3 atom stereocenters. The number of rotatable bonds is 0. The fraction of sp³-hybridized carbons (Fsp3) is 0.600. The van der Waals surface area contributed by atoms with Crippen molar-refractivity contribution in [1.29, 1.82) is 0 Å². The first-order chi connectivity index (χ1) is 11.7. The van der Waals surface area contributed by atoms with Crippen LogP contribution in [-0.2, 0) is 25.5 Å². The molecule has 0 aromatic heterocycles. The lowest BCUT2D eigenvalue weighted by molar-refractivity contribution is -0.254. The number of fused-ring (bicyclic) bond motifs is 4. The minimum Gasteiger partial charge on any atom is -0.422 e. The molecule has 134 valence electrons. The van der Waals surface area contributed by atoms with Crippen LogP contribution in [0.4, 0.5) is 5.69 Å². The van der Waals surface area contributed by atoms with Gasteiger partial charge in [0.2, 0.25) is 0 Å². The number of benzene rings is 1. The van der Waals surface area contributed by atoms with E-state index in [-0.39, 0.29) is 12.0 Å². The molecule has 0 aliphatic carbocycles. The van der Waals surface area contributed by atoms with E-state index in [4.69, 9.17) is 9.47 Å². The zero-order valence-electron chi connectivity index (χ0n) is 15.2. The highest BCUT2D eigenvalue weighted by Gasteiger charge is 2.65. The quantitative estimate of drug-likeness (QED) is 0.535. The summed E-state index contributed by atoms with van der Waals surface area (Å²) in [4.78, 5) is 28.5. The van der Waals surface area contributed by atoms with Gasteiger partial charge in [-0.05, 0) is 29.9 Å². The Morgan fingerprint density at radius 1 is 1.08 bits per heavy atom. The number of hydrogen-bond acceptors (Lipinski definition) is 5. The van der Waals surface area contributed by atoms with E-state index >= 15 is 0 Å². The lowest BCUT2D eigenvalue weighted by Gasteiger charge is -2.56. The minimum absolute atomic E-state index is 0.193. The molecule has 1 spiro atoms. The number of piperidine rings is 1. The summed E-state index contributed by atoms with van der Waals surface area (Å²) in [7, 11) is 0. The molecule has 2 fully saturated rings. The number of ether oxygens (including phenoxy) is 2. The van der Waals surface area contributed by atoms with Crippen LogP contribution in [0.15, 0.2) is 24.3 Å². The largest absolute Gasteiger partial charge is 0.422 e. The second kappa shape index (κ2) is 5.23. The third-order valence-corrected chi connectivity index (χ3v) is 5.84. The first-order valence-electron chi connectivity index (χ1n) is 9.06. The summed E-state index contributed by atoms with van der Waals surface area (Å²) in [5, 5.41) is 0. The molecule has 0 N–H and O–H groups in total. The molecule has 4 rings (SSSR count). The summed E-state index contributed by atoms with van der Waals surface area (Å²) in [5.74, 6) is -1.40. The Morgan fingerprint density at radius 2 is 1.72 bits per heavy atom. The molecule has 3 unspecified atom stereocenters. The van der Waals surface area contributed by atoms with E-state index in [1.807, 2.05) is 18.2 Å². The smallest absolute Gasteiger partial charge is 0.329 e. The van der Waals surface area contributed by atoms with E-state index in [9.17, 15) is 9.59 Å². The van der Waals surface area contributed by atoms with Crippen LogP contribution < -0.4 is 4.90 Å². The Labute approximate surface area is 148 Å². The van der Waals surface area contributed by atoms with E-state index in [1.54, 1.807) is 13.8 Å².